The Bertz CT molecular complexity index is 1100. The van der Waals surface area contributed by atoms with Crippen molar-refractivity contribution in [3.8, 4) is 5.75 Å². The summed E-state index contributed by atoms with van der Waals surface area (Å²) in [6.07, 6.45) is 0.454. The van der Waals surface area contributed by atoms with Crippen LogP contribution in [0.25, 0.3) is 0 Å². The molecule has 0 aliphatic heterocycles. The standard InChI is InChI=1S/C22H22F2N6O/c1-12(13-2-4-14(5-3-13)21(25)26)31-19-18(23)16(11-30-20(19)24)10-29-17-8-6-15(7-9-17)22(27)28/h2-9,11-12,29H,10H2,1H3,(H3,25,26)(H3,27,28). The lowest BCUT2D eigenvalue weighted by Crippen LogP contribution is -2.12. The SMILES string of the molecule is CC(Oc1c(F)ncc(CNc2ccc(C(=N)N)cc2)c1F)c1ccc(C(=N)N)cc1. The molecule has 1 unspecified atom stereocenters. The number of rotatable bonds is 8. The van der Waals surface area contributed by atoms with E-state index in [1.54, 1.807) is 55.5 Å². The Balaban J connectivity index is 1.73. The van der Waals surface area contributed by atoms with Crippen LogP contribution in [-0.2, 0) is 6.54 Å². The highest BCUT2D eigenvalue weighted by Crippen LogP contribution is 2.28. The van der Waals surface area contributed by atoms with E-state index in [2.05, 4.69) is 10.3 Å². The summed E-state index contributed by atoms with van der Waals surface area (Å²) in [7, 11) is 0. The number of ether oxygens (including phenoxy) is 1. The zero-order valence-corrected chi connectivity index (χ0v) is 16.7. The summed E-state index contributed by atoms with van der Waals surface area (Å²) in [5.41, 5.74) is 13.4. The van der Waals surface area contributed by atoms with Gasteiger partial charge in [0.15, 0.2) is 5.82 Å². The highest BCUT2D eigenvalue weighted by atomic mass is 19.1. The molecule has 1 aromatic heterocycles. The van der Waals surface area contributed by atoms with Crippen molar-refractivity contribution in [1.29, 1.82) is 10.8 Å². The van der Waals surface area contributed by atoms with Crippen molar-refractivity contribution in [2.75, 3.05) is 5.32 Å². The molecule has 0 spiro atoms. The Morgan fingerprint density at radius 2 is 1.55 bits per heavy atom. The van der Waals surface area contributed by atoms with Crippen LogP contribution in [0.1, 0.15) is 35.3 Å². The first-order valence-corrected chi connectivity index (χ1v) is 9.38. The van der Waals surface area contributed by atoms with E-state index in [1.807, 2.05) is 0 Å². The van der Waals surface area contributed by atoms with E-state index in [-0.39, 0.29) is 23.8 Å². The lowest BCUT2D eigenvalue weighted by Gasteiger charge is -2.17. The number of nitrogens with zero attached hydrogens (tertiary/aromatic N) is 1. The fourth-order valence-corrected chi connectivity index (χ4v) is 2.85. The molecule has 3 rings (SSSR count). The van der Waals surface area contributed by atoms with Gasteiger partial charge in [0.05, 0.1) is 0 Å². The van der Waals surface area contributed by atoms with Gasteiger partial charge in [-0.3, -0.25) is 10.8 Å². The van der Waals surface area contributed by atoms with E-state index in [9.17, 15) is 8.78 Å². The van der Waals surface area contributed by atoms with Crippen LogP contribution in [0.4, 0.5) is 14.5 Å². The van der Waals surface area contributed by atoms with E-state index in [0.717, 1.165) is 6.20 Å². The molecule has 7 N–H and O–H groups in total. The van der Waals surface area contributed by atoms with Gasteiger partial charge in [0.1, 0.15) is 17.8 Å². The van der Waals surface area contributed by atoms with E-state index in [4.69, 9.17) is 27.0 Å². The highest BCUT2D eigenvalue weighted by molar-refractivity contribution is 5.95. The van der Waals surface area contributed by atoms with E-state index >= 15 is 0 Å². The third-order valence-corrected chi connectivity index (χ3v) is 4.67. The van der Waals surface area contributed by atoms with E-state index in [0.29, 0.717) is 22.4 Å². The smallest absolute Gasteiger partial charge is 0.258 e. The molecule has 31 heavy (non-hydrogen) atoms. The summed E-state index contributed by atoms with van der Waals surface area (Å²) in [6, 6.07) is 13.4. The zero-order valence-electron chi connectivity index (χ0n) is 16.7. The number of pyridine rings is 1. The second-order valence-corrected chi connectivity index (χ2v) is 6.86. The molecule has 160 valence electrons. The fourth-order valence-electron chi connectivity index (χ4n) is 2.85. The zero-order chi connectivity index (χ0) is 22.5. The van der Waals surface area contributed by atoms with Crippen molar-refractivity contribution in [3.05, 3.63) is 88.7 Å². The molecule has 0 aliphatic carbocycles. The summed E-state index contributed by atoms with van der Waals surface area (Å²) in [5.74, 6) is -2.56. The van der Waals surface area contributed by atoms with Crippen molar-refractivity contribution in [1.82, 2.24) is 4.98 Å². The number of hydrogen-bond acceptors (Lipinski definition) is 5. The van der Waals surface area contributed by atoms with Gasteiger partial charge in [0, 0.05) is 35.1 Å². The first-order chi connectivity index (χ1) is 14.8. The molecule has 0 aliphatic rings. The monoisotopic (exact) mass is 424 g/mol. The average molecular weight is 424 g/mol. The Morgan fingerprint density at radius 3 is 2.10 bits per heavy atom. The molecule has 1 heterocycles. The molecule has 9 heteroatoms. The normalized spacial score (nSPS) is 11.6. The van der Waals surface area contributed by atoms with Gasteiger partial charge in [-0.05, 0) is 36.8 Å². The van der Waals surface area contributed by atoms with Gasteiger partial charge in [0.2, 0.25) is 5.75 Å². The van der Waals surface area contributed by atoms with Crippen molar-refractivity contribution < 1.29 is 13.5 Å². The first kappa shape index (κ1) is 21.7. The van der Waals surface area contributed by atoms with Crippen molar-refractivity contribution in [2.24, 2.45) is 11.5 Å². The number of aromatic nitrogens is 1. The number of amidine groups is 2. The quantitative estimate of drug-likeness (QED) is 0.214. The number of anilines is 1. The van der Waals surface area contributed by atoms with Crippen LogP contribution >= 0.6 is 0 Å². The number of benzene rings is 2. The third-order valence-electron chi connectivity index (χ3n) is 4.67. The van der Waals surface area contributed by atoms with Gasteiger partial charge in [0.25, 0.3) is 5.95 Å². The Kier molecular flexibility index (Phi) is 6.44. The molecule has 7 nitrogen and oxygen atoms in total. The average Bonchev–Trinajstić information content (AvgIpc) is 2.76. The maximum Gasteiger partial charge on any atom is 0.258 e. The number of halogens is 2. The fraction of sp³-hybridized carbons (Fsp3) is 0.136. The van der Waals surface area contributed by atoms with Crippen LogP contribution in [-0.4, -0.2) is 16.7 Å². The van der Waals surface area contributed by atoms with E-state index < -0.39 is 23.6 Å². The number of hydrogen-bond donors (Lipinski definition) is 5. The van der Waals surface area contributed by atoms with Crippen LogP contribution in [0.15, 0.2) is 54.7 Å². The largest absolute Gasteiger partial charge is 0.478 e. The van der Waals surface area contributed by atoms with E-state index in [1.165, 1.54) is 0 Å². The number of nitrogen functional groups attached to an aromatic ring is 2. The lowest BCUT2D eigenvalue weighted by molar-refractivity contribution is 0.202. The first-order valence-electron chi connectivity index (χ1n) is 9.38. The summed E-state index contributed by atoms with van der Waals surface area (Å²) in [6.45, 7) is 1.71. The van der Waals surface area contributed by atoms with Gasteiger partial charge in [-0.15, -0.1) is 0 Å². The molecule has 3 aromatic rings. The summed E-state index contributed by atoms with van der Waals surface area (Å²) >= 11 is 0. The minimum atomic E-state index is -1.04. The predicted octanol–water partition coefficient (Wildman–Crippen LogP) is 3.68. The molecule has 1 atom stereocenters. The molecule has 0 fully saturated rings. The minimum Gasteiger partial charge on any atom is -0.478 e. The third kappa shape index (κ3) is 5.13. The van der Waals surface area contributed by atoms with Gasteiger partial charge in [-0.1, -0.05) is 24.3 Å². The molecule has 2 aromatic carbocycles. The highest BCUT2D eigenvalue weighted by Gasteiger charge is 2.20. The second kappa shape index (κ2) is 9.21. The topological polar surface area (TPSA) is 134 Å². The van der Waals surface area contributed by atoms with Crippen molar-refractivity contribution in [3.63, 3.8) is 0 Å². The van der Waals surface area contributed by atoms with Crippen LogP contribution in [0.3, 0.4) is 0 Å². The molecular formula is C22H22F2N6O. The Hall–Kier alpha value is -4.01. The molecule has 0 saturated heterocycles. The van der Waals surface area contributed by atoms with Crippen LogP contribution in [0.5, 0.6) is 5.75 Å². The van der Waals surface area contributed by atoms with Crippen LogP contribution < -0.4 is 21.5 Å². The number of nitrogens with one attached hydrogen (secondary N) is 3. The van der Waals surface area contributed by atoms with Crippen LogP contribution in [0, 0.1) is 22.6 Å². The molecule has 0 amide bonds. The Labute approximate surface area is 178 Å². The second-order valence-electron chi connectivity index (χ2n) is 6.86. The Morgan fingerprint density at radius 1 is 1.00 bits per heavy atom. The molecule has 0 saturated carbocycles. The number of nitrogens with two attached hydrogens (primary N) is 2. The molecule has 0 bridgehead atoms. The predicted molar refractivity (Wildman–Crippen MR) is 115 cm³/mol. The van der Waals surface area contributed by atoms with Gasteiger partial charge in [-0.25, -0.2) is 9.37 Å². The summed E-state index contributed by atoms with van der Waals surface area (Å²) in [5, 5.41) is 17.8. The van der Waals surface area contributed by atoms with Gasteiger partial charge >= 0.3 is 0 Å². The van der Waals surface area contributed by atoms with Crippen LogP contribution in [0.2, 0.25) is 0 Å². The maximum atomic E-state index is 14.9. The van der Waals surface area contributed by atoms with Crippen molar-refractivity contribution in [2.45, 2.75) is 19.6 Å². The van der Waals surface area contributed by atoms with Gasteiger partial charge < -0.3 is 21.5 Å². The summed E-state index contributed by atoms with van der Waals surface area (Å²) in [4.78, 5) is 3.61. The lowest BCUT2D eigenvalue weighted by atomic mass is 10.1. The van der Waals surface area contributed by atoms with Crippen molar-refractivity contribution >= 4 is 17.4 Å². The maximum absolute atomic E-state index is 14.9. The molecule has 0 radical (unpaired) electrons. The molecular weight excluding hydrogens is 402 g/mol. The van der Waals surface area contributed by atoms with Gasteiger partial charge in [-0.2, -0.15) is 4.39 Å². The summed E-state index contributed by atoms with van der Waals surface area (Å²) < 4.78 is 34.6. The minimum absolute atomic E-state index is 0.0489.